The Hall–Kier alpha value is -3.18. The summed E-state index contributed by atoms with van der Waals surface area (Å²) in [6.45, 7) is 11.5. The number of amides is 1. The molecule has 2 saturated heterocycles. The van der Waals surface area contributed by atoms with E-state index in [1.165, 1.54) is 18.4 Å². The van der Waals surface area contributed by atoms with Gasteiger partial charge in [0.2, 0.25) is 0 Å². The molecular weight excluding hydrogens is 488 g/mol. The number of hydrogen-bond donors (Lipinski definition) is 1. The number of hydrogen-bond acceptors (Lipinski definition) is 6. The molecule has 0 bridgehead atoms. The second-order valence-electron chi connectivity index (χ2n) is 12.0. The van der Waals surface area contributed by atoms with E-state index in [0.717, 1.165) is 68.8 Å². The van der Waals surface area contributed by atoms with Crippen LogP contribution in [0.1, 0.15) is 84.1 Å². The van der Waals surface area contributed by atoms with Gasteiger partial charge in [0.25, 0.3) is 0 Å². The molecule has 8 heteroatoms. The van der Waals surface area contributed by atoms with Gasteiger partial charge < -0.3 is 19.9 Å². The van der Waals surface area contributed by atoms with Crippen LogP contribution in [0, 0.1) is 11.3 Å². The second-order valence-corrected chi connectivity index (χ2v) is 12.0. The number of nitriles is 1. The Bertz CT molecular complexity index is 1150. The first kappa shape index (κ1) is 28.8. The number of allylic oxidation sites excluding steroid dienone is 1. The van der Waals surface area contributed by atoms with E-state index in [4.69, 9.17) is 14.7 Å². The largest absolute Gasteiger partial charge is 0.444 e. The zero-order valence-corrected chi connectivity index (χ0v) is 24.3. The molecule has 0 radical (unpaired) electrons. The molecule has 0 aliphatic carbocycles. The molecule has 8 nitrogen and oxygen atoms in total. The number of rotatable bonds is 4. The highest BCUT2D eigenvalue weighted by Crippen LogP contribution is 2.30. The lowest BCUT2D eigenvalue weighted by Crippen LogP contribution is -2.50. The number of aliphatic imine (C=N–C) groups is 2. The van der Waals surface area contributed by atoms with Gasteiger partial charge in [0, 0.05) is 25.6 Å². The summed E-state index contributed by atoms with van der Waals surface area (Å²) in [4.78, 5) is 26.9. The van der Waals surface area contributed by atoms with Crippen molar-refractivity contribution in [3.8, 4) is 6.07 Å². The first-order valence-electron chi connectivity index (χ1n) is 14.5. The van der Waals surface area contributed by atoms with Crippen LogP contribution in [0.5, 0.6) is 0 Å². The summed E-state index contributed by atoms with van der Waals surface area (Å²) in [5, 5.41) is 13.1. The van der Waals surface area contributed by atoms with Gasteiger partial charge in [-0.2, -0.15) is 5.26 Å². The number of ether oxygens (including phenoxy) is 1. The molecule has 1 unspecified atom stereocenters. The molecule has 1 aromatic rings. The number of carbonyl (C=O) groups excluding carboxylic acids is 1. The third kappa shape index (κ3) is 7.92. The monoisotopic (exact) mass is 532 g/mol. The standard InChI is InChI=1S/C31H44N6O2/c1-6-22-11-14-28(37-17-7-8-26(21-37)34-30(38)39-31(2,3)4)35-29(27(22)20-32)33-25-12-9-23(10-13-25)24-15-18-36(5)19-16-24/h9-10,12-13,24,26H,6-8,11,14-19,21H2,1-5H3,(H,34,38). The molecular formula is C31H44N6O2. The summed E-state index contributed by atoms with van der Waals surface area (Å²) in [5.41, 5.74) is 3.33. The van der Waals surface area contributed by atoms with Crippen molar-refractivity contribution in [3.63, 3.8) is 0 Å². The Morgan fingerprint density at radius 1 is 1.15 bits per heavy atom. The summed E-state index contributed by atoms with van der Waals surface area (Å²) in [6, 6.07) is 10.9. The molecule has 1 amide bonds. The second kappa shape index (κ2) is 12.8. The van der Waals surface area contributed by atoms with E-state index < -0.39 is 5.60 Å². The number of nitrogens with zero attached hydrogens (tertiary/aromatic N) is 5. The number of alkyl carbamates (subject to hydrolysis) is 1. The fourth-order valence-corrected chi connectivity index (χ4v) is 5.66. The van der Waals surface area contributed by atoms with Crippen LogP contribution < -0.4 is 5.32 Å². The maximum absolute atomic E-state index is 12.4. The predicted molar refractivity (Wildman–Crippen MR) is 157 cm³/mol. The number of nitrogens with one attached hydrogen (secondary N) is 1. The smallest absolute Gasteiger partial charge is 0.407 e. The molecule has 3 heterocycles. The summed E-state index contributed by atoms with van der Waals surface area (Å²) in [5.74, 6) is 2.02. The predicted octanol–water partition coefficient (Wildman–Crippen LogP) is 5.94. The normalized spacial score (nSPS) is 22.8. The fourth-order valence-electron chi connectivity index (χ4n) is 5.66. The van der Waals surface area contributed by atoms with Gasteiger partial charge in [-0.3, -0.25) is 0 Å². The highest BCUT2D eigenvalue weighted by Gasteiger charge is 2.28. The molecule has 3 aliphatic rings. The van der Waals surface area contributed by atoms with Gasteiger partial charge in [-0.15, -0.1) is 0 Å². The zero-order chi connectivity index (χ0) is 28.0. The van der Waals surface area contributed by atoms with Crippen LogP contribution in [-0.4, -0.2) is 72.4 Å². The van der Waals surface area contributed by atoms with E-state index in [-0.39, 0.29) is 12.1 Å². The zero-order valence-electron chi connectivity index (χ0n) is 24.3. The summed E-state index contributed by atoms with van der Waals surface area (Å²) in [7, 11) is 2.18. The van der Waals surface area contributed by atoms with Gasteiger partial charge in [0.05, 0.1) is 11.3 Å². The maximum atomic E-state index is 12.4. The Labute approximate surface area is 233 Å². The van der Waals surface area contributed by atoms with E-state index in [9.17, 15) is 10.1 Å². The van der Waals surface area contributed by atoms with Gasteiger partial charge in [0.1, 0.15) is 17.5 Å². The lowest BCUT2D eigenvalue weighted by molar-refractivity contribution is 0.0485. The Morgan fingerprint density at radius 3 is 2.51 bits per heavy atom. The molecule has 1 aromatic carbocycles. The molecule has 1 N–H and O–H groups in total. The molecule has 0 aromatic heterocycles. The van der Waals surface area contributed by atoms with E-state index in [0.29, 0.717) is 23.9 Å². The molecule has 1 atom stereocenters. The van der Waals surface area contributed by atoms with Gasteiger partial charge >= 0.3 is 6.09 Å². The Balaban J connectivity index is 1.54. The average Bonchev–Trinajstić information content (AvgIpc) is 3.07. The van der Waals surface area contributed by atoms with Crippen molar-refractivity contribution in [2.75, 3.05) is 33.2 Å². The van der Waals surface area contributed by atoms with Crippen LogP contribution >= 0.6 is 0 Å². The van der Waals surface area contributed by atoms with Gasteiger partial charge in [0.15, 0.2) is 5.84 Å². The highest BCUT2D eigenvalue weighted by molar-refractivity contribution is 6.11. The topological polar surface area (TPSA) is 93.3 Å². The first-order chi connectivity index (χ1) is 18.6. The molecule has 210 valence electrons. The first-order valence-corrected chi connectivity index (χ1v) is 14.5. The van der Waals surface area contributed by atoms with E-state index in [1.54, 1.807) is 0 Å². The molecule has 39 heavy (non-hydrogen) atoms. The van der Waals surface area contributed by atoms with E-state index in [2.05, 4.69) is 59.4 Å². The lowest BCUT2D eigenvalue weighted by atomic mass is 9.89. The average molecular weight is 533 g/mol. The van der Waals surface area contributed by atoms with Crippen LogP contribution in [0.15, 0.2) is 45.4 Å². The van der Waals surface area contributed by atoms with Crippen molar-refractivity contribution in [3.05, 3.63) is 41.0 Å². The number of carbonyl (C=O) groups is 1. The molecule has 4 rings (SSSR count). The van der Waals surface area contributed by atoms with Crippen LogP contribution in [-0.2, 0) is 4.74 Å². The molecule has 0 spiro atoms. The van der Waals surface area contributed by atoms with Crippen molar-refractivity contribution >= 4 is 23.5 Å². The van der Waals surface area contributed by atoms with Crippen molar-refractivity contribution in [2.24, 2.45) is 9.98 Å². The highest BCUT2D eigenvalue weighted by atomic mass is 16.6. The summed E-state index contributed by atoms with van der Waals surface area (Å²) in [6.07, 6.45) is 6.15. The summed E-state index contributed by atoms with van der Waals surface area (Å²) >= 11 is 0. The minimum Gasteiger partial charge on any atom is -0.444 e. The molecule has 2 fully saturated rings. The number of likely N-dealkylation sites (tertiary alicyclic amines) is 2. The van der Waals surface area contributed by atoms with Crippen molar-refractivity contribution < 1.29 is 9.53 Å². The van der Waals surface area contributed by atoms with Crippen LogP contribution in [0.2, 0.25) is 0 Å². The number of amidine groups is 2. The minimum atomic E-state index is -0.531. The van der Waals surface area contributed by atoms with Crippen LogP contribution in [0.4, 0.5) is 10.5 Å². The maximum Gasteiger partial charge on any atom is 0.407 e. The Morgan fingerprint density at radius 2 is 1.87 bits per heavy atom. The van der Waals surface area contributed by atoms with Gasteiger partial charge in [-0.25, -0.2) is 14.8 Å². The van der Waals surface area contributed by atoms with E-state index in [1.807, 2.05) is 20.8 Å². The van der Waals surface area contributed by atoms with Crippen molar-refractivity contribution in [1.29, 1.82) is 5.26 Å². The number of piperidine rings is 2. The fraction of sp³-hybridized carbons (Fsp3) is 0.613. The SMILES string of the molecule is CCC1=C(C#N)C(=Nc2ccc(C3CCN(C)CC3)cc2)N=C(N2CCCC(NC(=O)OC(C)(C)C)C2)CC1. The van der Waals surface area contributed by atoms with Crippen LogP contribution in [0.3, 0.4) is 0 Å². The molecule has 0 saturated carbocycles. The third-order valence-corrected chi connectivity index (χ3v) is 7.83. The van der Waals surface area contributed by atoms with Crippen molar-refractivity contribution in [2.45, 2.75) is 90.2 Å². The van der Waals surface area contributed by atoms with Crippen molar-refractivity contribution in [1.82, 2.24) is 15.1 Å². The summed E-state index contributed by atoms with van der Waals surface area (Å²) < 4.78 is 5.47. The van der Waals surface area contributed by atoms with E-state index >= 15 is 0 Å². The van der Waals surface area contributed by atoms with Gasteiger partial charge in [-0.05, 0) is 109 Å². The molecule has 3 aliphatic heterocycles. The third-order valence-electron chi connectivity index (χ3n) is 7.83. The minimum absolute atomic E-state index is 0.0129. The lowest BCUT2D eigenvalue weighted by Gasteiger charge is -2.35. The Kier molecular flexibility index (Phi) is 9.45. The van der Waals surface area contributed by atoms with Crippen LogP contribution in [0.25, 0.3) is 0 Å². The number of benzene rings is 1. The quantitative estimate of drug-likeness (QED) is 0.518. The van der Waals surface area contributed by atoms with Gasteiger partial charge in [-0.1, -0.05) is 19.1 Å².